The number of rotatable bonds is 2. The van der Waals surface area contributed by atoms with Crippen LogP contribution in [0.4, 0.5) is 0 Å². The Kier molecular flexibility index (Phi) is 1.35. The van der Waals surface area contributed by atoms with E-state index in [1.165, 1.54) is 12.8 Å². The molecule has 0 aromatic rings. The average Bonchev–Trinajstić information content (AvgIpc) is 2.39. The van der Waals surface area contributed by atoms with Crippen LogP contribution >= 0.6 is 0 Å². The highest BCUT2D eigenvalue weighted by atomic mass is 14.7. The molecular weight excluding hydrogens is 110 g/mol. The van der Waals surface area contributed by atoms with Crippen LogP contribution in [-0.2, 0) is 0 Å². The molecule has 1 nitrogen and oxygen atoms in total. The largest absolute Gasteiger partial charge is 0.330 e. The van der Waals surface area contributed by atoms with E-state index in [0.717, 1.165) is 6.54 Å². The first-order chi connectivity index (χ1) is 4.08. The second-order valence-electron chi connectivity index (χ2n) is 3.86. The molecule has 0 radical (unpaired) electrons. The maximum absolute atomic E-state index is 5.62. The monoisotopic (exact) mass is 127 g/mol. The Labute approximate surface area is 57.6 Å². The van der Waals surface area contributed by atoms with E-state index in [-0.39, 0.29) is 0 Å². The maximum atomic E-state index is 5.62. The van der Waals surface area contributed by atoms with Gasteiger partial charge in [-0.2, -0.15) is 0 Å². The highest BCUT2D eigenvalue weighted by molar-refractivity contribution is 5.08. The zero-order chi connectivity index (χ0) is 7.12. The quantitative estimate of drug-likeness (QED) is 0.601. The summed E-state index contributed by atoms with van der Waals surface area (Å²) < 4.78 is 0. The summed E-state index contributed by atoms with van der Waals surface area (Å²) >= 11 is 0. The molecule has 0 aliphatic heterocycles. The van der Waals surface area contributed by atoms with Crippen molar-refractivity contribution in [3.05, 3.63) is 0 Å². The third kappa shape index (κ3) is 0.787. The fraction of sp³-hybridized carbons (Fsp3) is 1.00. The predicted molar refractivity (Wildman–Crippen MR) is 40.2 cm³/mol. The molecule has 1 saturated carbocycles. The van der Waals surface area contributed by atoms with E-state index in [4.69, 9.17) is 5.73 Å². The molecule has 0 amide bonds. The van der Waals surface area contributed by atoms with Crippen LogP contribution in [0.15, 0.2) is 0 Å². The summed E-state index contributed by atoms with van der Waals surface area (Å²) in [6, 6.07) is 0. The molecule has 1 aliphatic rings. The number of nitrogens with two attached hydrogens (primary N) is 1. The minimum absolute atomic E-state index is 0.474. The Balaban J connectivity index is 2.54. The summed E-state index contributed by atoms with van der Waals surface area (Å²) in [6.45, 7) is 7.73. The van der Waals surface area contributed by atoms with Crippen molar-refractivity contribution in [2.24, 2.45) is 16.6 Å². The lowest BCUT2D eigenvalue weighted by Crippen LogP contribution is -2.18. The molecule has 2 unspecified atom stereocenters. The van der Waals surface area contributed by atoms with E-state index in [1.54, 1.807) is 0 Å². The van der Waals surface area contributed by atoms with Gasteiger partial charge in [0.15, 0.2) is 0 Å². The van der Waals surface area contributed by atoms with Gasteiger partial charge in [-0.25, -0.2) is 0 Å². The van der Waals surface area contributed by atoms with Gasteiger partial charge in [-0.1, -0.05) is 27.2 Å². The van der Waals surface area contributed by atoms with Crippen LogP contribution in [0.3, 0.4) is 0 Å². The van der Waals surface area contributed by atoms with Gasteiger partial charge in [0.2, 0.25) is 0 Å². The van der Waals surface area contributed by atoms with E-state index in [2.05, 4.69) is 20.8 Å². The van der Waals surface area contributed by atoms with Crippen molar-refractivity contribution in [3.63, 3.8) is 0 Å². The van der Waals surface area contributed by atoms with Gasteiger partial charge >= 0.3 is 0 Å². The fourth-order valence-electron chi connectivity index (χ4n) is 1.69. The number of hydrogen-bond acceptors (Lipinski definition) is 1. The van der Waals surface area contributed by atoms with Gasteiger partial charge in [0.25, 0.3) is 0 Å². The van der Waals surface area contributed by atoms with Gasteiger partial charge in [-0.15, -0.1) is 0 Å². The summed E-state index contributed by atoms with van der Waals surface area (Å²) in [5, 5.41) is 0. The minimum atomic E-state index is 0.474. The van der Waals surface area contributed by atoms with Crippen molar-refractivity contribution < 1.29 is 0 Å². The van der Waals surface area contributed by atoms with E-state index < -0.39 is 0 Å². The van der Waals surface area contributed by atoms with Gasteiger partial charge in [-0.3, -0.25) is 0 Å². The highest BCUT2D eigenvalue weighted by Crippen LogP contribution is 2.64. The Bertz CT molecular complexity index is 108. The molecule has 54 valence electrons. The van der Waals surface area contributed by atoms with Crippen LogP contribution in [0.5, 0.6) is 0 Å². The lowest BCUT2D eigenvalue weighted by molar-refractivity contribution is 0.385. The smallest absolute Gasteiger partial charge is 0.00178 e. The van der Waals surface area contributed by atoms with Crippen molar-refractivity contribution in [1.82, 2.24) is 0 Å². The summed E-state index contributed by atoms with van der Waals surface area (Å²) in [4.78, 5) is 0. The van der Waals surface area contributed by atoms with Gasteiger partial charge in [0.05, 0.1) is 0 Å². The van der Waals surface area contributed by atoms with Crippen LogP contribution in [-0.4, -0.2) is 6.54 Å². The Morgan fingerprint density at radius 3 is 2.00 bits per heavy atom. The van der Waals surface area contributed by atoms with Crippen molar-refractivity contribution in [1.29, 1.82) is 0 Å². The van der Waals surface area contributed by atoms with Gasteiger partial charge < -0.3 is 5.73 Å². The molecular formula is C8H17N. The van der Waals surface area contributed by atoms with Gasteiger partial charge in [0, 0.05) is 0 Å². The van der Waals surface area contributed by atoms with Crippen molar-refractivity contribution in [2.45, 2.75) is 33.6 Å². The van der Waals surface area contributed by atoms with Crippen molar-refractivity contribution >= 4 is 0 Å². The predicted octanol–water partition coefficient (Wildman–Crippen LogP) is 1.77. The zero-order valence-electron chi connectivity index (χ0n) is 6.70. The fourth-order valence-corrected chi connectivity index (χ4v) is 1.69. The van der Waals surface area contributed by atoms with E-state index in [1.807, 2.05) is 0 Å². The van der Waals surface area contributed by atoms with Crippen LogP contribution in [0.1, 0.15) is 33.6 Å². The summed E-state index contributed by atoms with van der Waals surface area (Å²) in [6.07, 6.45) is 2.60. The Hall–Kier alpha value is -0.0400. The molecule has 1 fully saturated rings. The molecule has 0 bridgehead atoms. The first kappa shape index (κ1) is 7.07. The van der Waals surface area contributed by atoms with Gasteiger partial charge in [-0.05, 0) is 23.8 Å². The molecule has 1 rings (SSSR count). The standard InChI is InChI=1S/C8H17N/c1-4-7(2)5-8(7,3)6-9/h4-6,9H2,1-3H3. The van der Waals surface area contributed by atoms with Crippen molar-refractivity contribution in [2.75, 3.05) is 6.54 Å². The molecule has 1 aliphatic carbocycles. The normalized spacial score (nSPS) is 49.3. The second-order valence-corrected chi connectivity index (χ2v) is 3.86. The molecule has 0 aromatic carbocycles. The zero-order valence-corrected chi connectivity index (χ0v) is 6.70. The third-order valence-electron chi connectivity index (χ3n) is 3.34. The van der Waals surface area contributed by atoms with Crippen molar-refractivity contribution in [3.8, 4) is 0 Å². The lowest BCUT2D eigenvalue weighted by Gasteiger charge is -2.13. The lowest BCUT2D eigenvalue weighted by atomic mass is 9.94. The second kappa shape index (κ2) is 1.72. The number of hydrogen-bond donors (Lipinski definition) is 1. The molecule has 9 heavy (non-hydrogen) atoms. The molecule has 0 spiro atoms. The molecule has 2 N–H and O–H groups in total. The first-order valence-corrected chi connectivity index (χ1v) is 3.78. The first-order valence-electron chi connectivity index (χ1n) is 3.78. The van der Waals surface area contributed by atoms with E-state index in [9.17, 15) is 0 Å². The molecule has 0 saturated heterocycles. The minimum Gasteiger partial charge on any atom is -0.330 e. The topological polar surface area (TPSA) is 26.0 Å². The van der Waals surface area contributed by atoms with Crippen LogP contribution in [0.2, 0.25) is 0 Å². The summed E-state index contributed by atoms with van der Waals surface area (Å²) in [5.74, 6) is 0. The average molecular weight is 127 g/mol. The summed E-state index contributed by atoms with van der Waals surface area (Å²) in [5.41, 5.74) is 6.66. The SMILES string of the molecule is CCC1(C)CC1(C)CN. The van der Waals surface area contributed by atoms with E-state index >= 15 is 0 Å². The van der Waals surface area contributed by atoms with Crippen LogP contribution < -0.4 is 5.73 Å². The van der Waals surface area contributed by atoms with Gasteiger partial charge in [0.1, 0.15) is 0 Å². The Morgan fingerprint density at radius 2 is 1.89 bits per heavy atom. The maximum Gasteiger partial charge on any atom is -0.00178 e. The third-order valence-corrected chi connectivity index (χ3v) is 3.34. The molecule has 2 atom stereocenters. The highest BCUT2D eigenvalue weighted by Gasteiger charge is 2.58. The van der Waals surface area contributed by atoms with Crippen LogP contribution in [0.25, 0.3) is 0 Å². The molecule has 0 aromatic heterocycles. The molecule has 0 heterocycles. The summed E-state index contributed by atoms with van der Waals surface area (Å²) in [7, 11) is 0. The molecule has 1 heteroatoms. The Morgan fingerprint density at radius 1 is 1.33 bits per heavy atom. The van der Waals surface area contributed by atoms with E-state index in [0.29, 0.717) is 10.8 Å². The van der Waals surface area contributed by atoms with Crippen LogP contribution in [0, 0.1) is 10.8 Å².